The fourth-order valence-corrected chi connectivity index (χ4v) is 2.53. The molecule has 0 saturated heterocycles. The Balaban J connectivity index is 2.06. The summed E-state index contributed by atoms with van der Waals surface area (Å²) in [5, 5.41) is 3.33. The lowest BCUT2D eigenvalue weighted by atomic mass is 10.2. The lowest BCUT2D eigenvalue weighted by Gasteiger charge is -2.09. The van der Waals surface area contributed by atoms with Crippen LogP contribution >= 0.6 is 28.1 Å². The van der Waals surface area contributed by atoms with E-state index in [1.54, 1.807) is 0 Å². The molecule has 0 spiro atoms. The summed E-state index contributed by atoms with van der Waals surface area (Å²) in [4.78, 5) is 4.65. The highest BCUT2D eigenvalue weighted by Crippen LogP contribution is 2.22. The molecule has 0 bridgehead atoms. The van der Waals surface area contributed by atoms with Gasteiger partial charge in [0.15, 0.2) is 0 Å². The van der Waals surface area contributed by atoms with Crippen molar-refractivity contribution in [3.8, 4) is 0 Å². The van der Waals surface area contributed by atoms with Gasteiger partial charge in [-0.2, -0.15) is 0 Å². The van der Waals surface area contributed by atoms with Crippen LogP contribution in [0.5, 0.6) is 0 Å². The van der Waals surface area contributed by atoms with Crippen LogP contribution in [0, 0.1) is 6.92 Å². The fraction of sp³-hybridized carbons (Fsp3) is 0.143. The molecule has 1 aromatic carbocycles. The average molecular weight is 336 g/mol. The van der Waals surface area contributed by atoms with Crippen LogP contribution < -0.4 is 11.1 Å². The second kappa shape index (κ2) is 6.12. The van der Waals surface area contributed by atoms with Crippen molar-refractivity contribution in [1.29, 1.82) is 0 Å². The number of thiocarbonyl (C=S) groups is 1. The summed E-state index contributed by atoms with van der Waals surface area (Å²) in [5.41, 5.74) is 9.63. The maximum Gasteiger partial charge on any atom is 0.105 e. The van der Waals surface area contributed by atoms with Gasteiger partial charge < -0.3 is 11.1 Å². The highest BCUT2D eigenvalue weighted by molar-refractivity contribution is 9.10. The Morgan fingerprint density at radius 3 is 2.74 bits per heavy atom. The number of anilines is 1. The van der Waals surface area contributed by atoms with Crippen molar-refractivity contribution in [3.63, 3.8) is 0 Å². The molecule has 3 nitrogen and oxygen atoms in total. The molecule has 0 aliphatic carbocycles. The van der Waals surface area contributed by atoms with Crippen LogP contribution in [0.25, 0.3) is 0 Å². The molecule has 0 saturated carbocycles. The molecule has 0 amide bonds. The number of halogens is 1. The van der Waals surface area contributed by atoms with Gasteiger partial charge in [-0.3, -0.25) is 4.98 Å². The van der Waals surface area contributed by atoms with Crippen LogP contribution in [0.15, 0.2) is 41.0 Å². The molecule has 2 rings (SSSR count). The highest BCUT2D eigenvalue weighted by atomic mass is 79.9. The maximum absolute atomic E-state index is 5.62. The molecular weight excluding hydrogens is 322 g/mol. The van der Waals surface area contributed by atoms with E-state index >= 15 is 0 Å². The molecule has 0 atom stereocenters. The van der Waals surface area contributed by atoms with E-state index in [1.807, 2.05) is 37.4 Å². The zero-order valence-electron chi connectivity index (χ0n) is 10.5. The quantitative estimate of drug-likeness (QED) is 0.841. The SMILES string of the molecule is Cc1ccc(CNc2ccc(C(N)=S)c(Br)c2)cn1. The molecule has 5 heteroatoms. The summed E-state index contributed by atoms with van der Waals surface area (Å²) >= 11 is 8.43. The van der Waals surface area contributed by atoms with Gasteiger partial charge in [-0.1, -0.05) is 18.3 Å². The van der Waals surface area contributed by atoms with Crippen LogP contribution in [-0.4, -0.2) is 9.97 Å². The molecule has 0 radical (unpaired) electrons. The Morgan fingerprint density at radius 1 is 1.37 bits per heavy atom. The lowest BCUT2D eigenvalue weighted by Crippen LogP contribution is -2.10. The number of nitrogens with two attached hydrogens (primary N) is 1. The molecule has 1 heterocycles. The third-order valence-electron chi connectivity index (χ3n) is 2.70. The first kappa shape index (κ1) is 14.0. The molecule has 0 unspecified atom stereocenters. The van der Waals surface area contributed by atoms with Crippen molar-refractivity contribution in [3.05, 3.63) is 57.8 Å². The Kier molecular flexibility index (Phi) is 4.50. The smallest absolute Gasteiger partial charge is 0.105 e. The predicted octanol–water partition coefficient (Wildman–Crippen LogP) is 3.40. The number of rotatable bonds is 4. The molecule has 98 valence electrons. The van der Waals surface area contributed by atoms with Gasteiger partial charge in [0.05, 0.1) is 0 Å². The molecule has 2 aromatic rings. The van der Waals surface area contributed by atoms with Gasteiger partial charge in [0.25, 0.3) is 0 Å². The second-order valence-electron chi connectivity index (χ2n) is 4.22. The van der Waals surface area contributed by atoms with Crippen molar-refractivity contribution in [1.82, 2.24) is 4.98 Å². The van der Waals surface area contributed by atoms with Crippen LogP contribution in [0.3, 0.4) is 0 Å². The summed E-state index contributed by atoms with van der Waals surface area (Å²) in [6.07, 6.45) is 1.88. The molecule has 19 heavy (non-hydrogen) atoms. The third kappa shape index (κ3) is 3.75. The van der Waals surface area contributed by atoms with Crippen molar-refractivity contribution in [2.24, 2.45) is 5.73 Å². The zero-order chi connectivity index (χ0) is 13.8. The topological polar surface area (TPSA) is 50.9 Å². The van der Waals surface area contributed by atoms with E-state index in [1.165, 1.54) is 0 Å². The third-order valence-corrected chi connectivity index (χ3v) is 3.58. The number of nitrogens with one attached hydrogen (secondary N) is 1. The number of nitrogens with zero attached hydrogens (tertiary/aromatic N) is 1. The largest absolute Gasteiger partial charge is 0.389 e. The van der Waals surface area contributed by atoms with E-state index in [0.29, 0.717) is 4.99 Å². The normalized spacial score (nSPS) is 10.2. The van der Waals surface area contributed by atoms with Crippen molar-refractivity contribution >= 4 is 38.8 Å². The number of hydrogen-bond donors (Lipinski definition) is 2. The van der Waals surface area contributed by atoms with Gasteiger partial charge >= 0.3 is 0 Å². The molecular formula is C14H14BrN3S. The van der Waals surface area contributed by atoms with Gasteiger partial charge in [0.2, 0.25) is 0 Å². The number of aromatic nitrogens is 1. The van der Waals surface area contributed by atoms with Crippen molar-refractivity contribution in [2.45, 2.75) is 13.5 Å². The van der Waals surface area contributed by atoms with Crippen LogP contribution in [0.1, 0.15) is 16.8 Å². The summed E-state index contributed by atoms with van der Waals surface area (Å²) in [6, 6.07) is 9.90. The predicted molar refractivity (Wildman–Crippen MR) is 86.3 cm³/mol. The summed E-state index contributed by atoms with van der Waals surface area (Å²) < 4.78 is 0.895. The van der Waals surface area contributed by atoms with Crippen LogP contribution in [0.4, 0.5) is 5.69 Å². The number of hydrogen-bond acceptors (Lipinski definition) is 3. The summed E-state index contributed by atoms with van der Waals surface area (Å²) in [6.45, 7) is 2.70. The van der Waals surface area contributed by atoms with Gasteiger partial charge in [0, 0.05) is 34.2 Å². The van der Waals surface area contributed by atoms with Crippen molar-refractivity contribution < 1.29 is 0 Å². The van der Waals surface area contributed by atoms with Crippen molar-refractivity contribution in [2.75, 3.05) is 5.32 Å². The first-order valence-electron chi connectivity index (χ1n) is 5.81. The van der Waals surface area contributed by atoms with Crippen LogP contribution in [0.2, 0.25) is 0 Å². The fourth-order valence-electron chi connectivity index (χ4n) is 1.63. The highest BCUT2D eigenvalue weighted by Gasteiger charge is 2.03. The van der Waals surface area contributed by atoms with Gasteiger partial charge in [0.1, 0.15) is 4.99 Å². The number of benzene rings is 1. The minimum absolute atomic E-state index is 0.390. The first-order chi connectivity index (χ1) is 9.06. The zero-order valence-corrected chi connectivity index (χ0v) is 12.9. The minimum atomic E-state index is 0.390. The second-order valence-corrected chi connectivity index (χ2v) is 5.51. The Hall–Kier alpha value is -1.46. The van der Waals surface area contributed by atoms with Gasteiger partial charge in [-0.15, -0.1) is 0 Å². The Bertz CT molecular complexity index is 596. The van der Waals surface area contributed by atoms with E-state index in [9.17, 15) is 0 Å². The maximum atomic E-state index is 5.62. The Morgan fingerprint density at radius 2 is 2.16 bits per heavy atom. The first-order valence-corrected chi connectivity index (χ1v) is 7.01. The molecule has 0 aliphatic rings. The van der Waals surface area contributed by atoms with E-state index in [-0.39, 0.29) is 0 Å². The standard InChI is InChI=1S/C14H14BrN3S/c1-9-2-3-10(7-17-9)8-18-11-4-5-12(14(16)19)13(15)6-11/h2-7,18H,8H2,1H3,(H2,16,19). The van der Waals surface area contributed by atoms with E-state index in [4.69, 9.17) is 18.0 Å². The average Bonchev–Trinajstić information content (AvgIpc) is 2.37. The minimum Gasteiger partial charge on any atom is -0.389 e. The Labute approximate surface area is 126 Å². The summed E-state index contributed by atoms with van der Waals surface area (Å²) in [7, 11) is 0. The molecule has 0 fully saturated rings. The molecule has 1 aromatic heterocycles. The van der Waals surface area contributed by atoms with E-state index in [2.05, 4.69) is 32.3 Å². The molecule has 3 N–H and O–H groups in total. The van der Waals surface area contributed by atoms with E-state index < -0.39 is 0 Å². The summed E-state index contributed by atoms with van der Waals surface area (Å²) in [5.74, 6) is 0. The van der Waals surface area contributed by atoms with Crippen LogP contribution in [-0.2, 0) is 6.54 Å². The molecule has 0 aliphatic heterocycles. The van der Waals surface area contributed by atoms with E-state index in [0.717, 1.165) is 33.5 Å². The number of pyridine rings is 1. The van der Waals surface area contributed by atoms with Gasteiger partial charge in [-0.25, -0.2) is 0 Å². The lowest BCUT2D eigenvalue weighted by molar-refractivity contribution is 1.08. The van der Waals surface area contributed by atoms with Gasteiger partial charge in [-0.05, 0) is 52.7 Å². The monoisotopic (exact) mass is 335 g/mol. The number of aryl methyl sites for hydroxylation is 1.